The maximum Gasteiger partial charge on any atom is 0.288 e. The number of hydrogen-bond donors (Lipinski definition) is 2. The number of aromatic amines is 1. The van der Waals surface area contributed by atoms with Gasteiger partial charge in [-0.25, -0.2) is 4.98 Å². The van der Waals surface area contributed by atoms with Crippen molar-refractivity contribution >= 4 is 23.5 Å². The monoisotopic (exact) mass is 311 g/mol. The van der Waals surface area contributed by atoms with Gasteiger partial charge in [-0.2, -0.15) is 4.63 Å². The quantitative estimate of drug-likeness (QED) is 0.572. The van der Waals surface area contributed by atoms with Crippen LogP contribution in [-0.4, -0.2) is 32.0 Å². The standard InChI is InChI=1S/C16H17N5O2/c1-16(2,3)12-8-13-18-15(20-21(13)19-12)10-4-6-11(7-5-10)17-14(23)9-22/h4-9,19H,1-3H3,(H,17,23). The van der Waals surface area contributed by atoms with E-state index in [2.05, 4.69) is 41.3 Å². The highest BCUT2D eigenvalue weighted by Crippen LogP contribution is 2.23. The maximum absolute atomic E-state index is 11.0. The third-order valence-electron chi connectivity index (χ3n) is 3.46. The molecular formula is C16H17N5O2. The number of aldehydes is 1. The Morgan fingerprint density at radius 1 is 1.26 bits per heavy atom. The summed E-state index contributed by atoms with van der Waals surface area (Å²) in [6.07, 6.45) is 0.236. The first-order valence-electron chi connectivity index (χ1n) is 7.20. The molecule has 0 spiro atoms. The van der Waals surface area contributed by atoms with Crippen molar-refractivity contribution in [2.75, 3.05) is 5.32 Å². The van der Waals surface area contributed by atoms with Crippen molar-refractivity contribution in [3.05, 3.63) is 36.0 Å². The van der Waals surface area contributed by atoms with Gasteiger partial charge in [0.25, 0.3) is 5.91 Å². The van der Waals surface area contributed by atoms with Crippen LogP contribution in [0.1, 0.15) is 26.5 Å². The van der Waals surface area contributed by atoms with Gasteiger partial charge in [0.1, 0.15) is 0 Å². The topological polar surface area (TPSA) is 92.2 Å². The van der Waals surface area contributed by atoms with Crippen LogP contribution in [0.3, 0.4) is 0 Å². The van der Waals surface area contributed by atoms with E-state index in [4.69, 9.17) is 0 Å². The van der Waals surface area contributed by atoms with Crippen molar-refractivity contribution in [1.82, 2.24) is 19.8 Å². The Labute approximate surface area is 132 Å². The molecule has 118 valence electrons. The molecule has 0 unspecified atom stereocenters. The second kappa shape index (κ2) is 5.35. The normalized spacial score (nSPS) is 11.6. The first-order valence-corrected chi connectivity index (χ1v) is 7.20. The van der Waals surface area contributed by atoms with Crippen LogP contribution in [0.15, 0.2) is 30.3 Å². The molecule has 23 heavy (non-hydrogen) atoms. The number of anilines is 1. The Hall–Kier alpha value is -2.96. The number of nitrogens with zero attached hydrogens (tertiary/aromatic N) is 3. The first kappa shape index (κ1) is 15.0. The summed E-state index contributed by atoms with van der Waals surface area (Å²) in [6.45, 7) is 6.35. The molecule has 0 saturated carbocycles. The van der Waals surface area contributed by atoms with Gasteiger partial charge in [0.15, 0.2) is 11.5 Å². The van der Waals surface area contributed by atoms with Gasteiger partial charge in [0.05, 0.1) is 0 Å². The molecule has 0 radical (unpaired) electrons. The summed E-state index contributed by atoms with van der Waals surface area (Å²) in [5.74, 6) is -0.0918. The van der Waals surface area contributed by atoms with E-state index in [1.54, 1.807) is 28.9 Å². The van der Waals surface area contributed by atoms with Crippen molar-refractivity contribution < 1.29 is 9.59 Å². The van der Waals surface area contributed by atoms with Crippen LogP contribution in [0.4, 0.5) is 5.69 Å². The molecule has 0 aliphatic carbocycles. The van der Waals surface area contributed by atoms with Crippen molar-refractivity contribution in [2.45, 2.75) is 26.2 Å². The first-order chi connectivity index (χ1) is 10.9. The summed E-state index contributed by atoms with van der Waals surface area (Å²) in [7, 11) is 0. The fraction of sp³-hybridized carbons (Fsp3) is 0.250. The zero-order valence-corrected chi connectivity index (χ0v) is 13.1. The van der Waals surface area contributed by atoms with Gasteiger partial charge in [-0.05, 0) is 24.3 Å². The van der Waals surface area contributed by atoms with Gasteiger partial charge in [0, 0.05) is 28.4 Å². The van der Waals surface area contributed by atoms with Gasteiger partial charge in [-0.3, -0.25) is 14.7 Å². The Bertz CT molecular complexity index is 837. The van der Waals surface area contributed by atoms with E-state index in [0.29, 0.717) is 11.5 Å². The number of rotatable bonds is 3. The SMILES string of the molecule is CC(C)(C)c1cc2nc(-c3ccc(NC(=O)C=O)cc3)nn2[nH]1. The largest absolute Gasteiger partial charge is 0.320 e. The molecule has 2 heterocycles. The second-order valence-corrected chi connectivity index (χ2v) is 6.31. The van der Waals surface area contributed by atoms with Crippen molar-refractivity contribution in [3.63, 3.8) is 0 Å². The minimum atomic E-state index is -0.680. The molecule has 3 aromatic rings. The average Bonchev–Trinajstić information content (AvgIpc) is 3.06. The summed E-state index contributed by atoms with van der Waals surface area (Å²) in [6, 6.07) is 8.97. The average molecular weight is 311 g/mol. The van der Waals surface area contributed by atoms with Crippen LogP contribution in [-0.2, 0) is 15.0 Å². The van der Waals surface area contributed by atoms with E-state index in [-0.39, 0.29) is 11.7 Å². The highest BCUT2D eigenvalue weighted by Gasteiger charge is 2.18. The number of carbonyl (C=O) groups excluding carboxylic acids is 2. The lowest BCUT2D eigenvalue weighted by Gasteiger charge is -2.14. The van der Waals surface area contributed by atoms with Gasteiger partial charge >= 0.3 is 0 Å². The molecule has 7 heteroatoms. The van der Waals surface area contributed by atoms with Crippen LogP contribution in [0.2, 0.25) is 0 Å². The lowest BCUT2D eigenvalue weighted by molar-refractivity contribution is -0.127. The summed E-state index contributed by atoms with van der Waals surface area (Å²) >= 11 is 0. The highest BCUT2D eigenvalue weighted by atomic mass is 16.2. The number of nitrogens with one attached hydrogen (secondary N) is 2. The van der Waals surface area contributed by atoms with Crippen LogP contribution in [0, 0.1) is 0 Å². The van der Waals surface area contributed by atoms with E-state index in [1.165, 1.54) is 0 Å². The number of amides is 1. The molecular weight excluding hydrogens is 294 g/mol. The van der Waals surface area contributed by atoms with Gasteiger partial charge < -0.3 is 5.32 Å². The Morgan fingerprint density at radius 2 is 1.96 bits per heavy atom. The number of fused-ring (bicyclic) bond motifs is 1. The predicted molar refractivity (Wildman–Crippen MR) is 86.2 cm³/mol. The Morgan fingerprint density at radius 3 is 2.52 bits per heavy atom. The van der Waals surface area contributed by atoms with E-state index >= 15 is 0 Å². The van der Waals surface area contributed by atoms with Crippen LogP contribution >= 0.6 is 0 Å². The van der Waals surface area contributed by atoms with E-state index in [0.717, 1.165) is 16.9 Å². The number of aromatic nitrogens is 4. The molecule has 0 fully saturated rings. The van der Waals surface area contributed by atoms with E-state index < -0.39 is 5.91 Å². The smallest absolute Gasteiger partial charge is 0.288 e. The van der Waals surface area contributed by atoms with E-state index in [9.17, 15) is 9.59 Å². The third-order valence-corrected chi connectivity index (χ3v) is 3.46. The summed E-state index contributed by atoms with van der Waals surface area (Å²) < 4.78 is 1.65. The molecule has 0 bridgehead atoms. The molecule has 0 aliphatic rings. The van der Waals surface area contributed by atoms with Crippen molar-refractivity contribution in [2.24, 2.45) is 0 Å². The minimum absolute atomic E-state index is 0.000972. The van der Waals surface area contributed by atoms with Gasteiger partial charge in [-0.1, -0.05) is 20.8 Å². The van der Waals surface area contributed by atoms with Crippen LogP contribution in [0.25, 0.3) is 17.0 Å². The molecule has 1 aromatic carbocycles. The number of H-pyrrole nitrogens is 1. The van der Waals surface area contributed by atoms with Crippen molar-refractivity contribution in [1.29, 1.82) is 0 Å². The fourth-order valence-corrected chi connectivity index (χ4v) is 2.16. The second-order valence-electron chi connectivity index (χ2n) is 6.31. The number of hydrogen-bond acceptors (Lipinski definition) is 4. The fourth-order valence-electron chi connectivity index (χ4n) is 2.16. The lowest BCUT2D eigenvalue weighted by Crippen LogP contribution is -2.12. The zero-order valence-electron chi connectivity index (χ0n) is 13.1. The number of carbonyl (C=O) groups is 2. The highest BCUT2D eigenvalue weighted by molar-refractivity contribution is 6.29. The molecule has 0 aliphatic heterocycles. The molecule has 1 amide bonds. The molecule has 3 rings (SSSR count). The van der Waals surface area contributed by atoms with E-state index in [1.807, 2.05) is 6.07 Å². The Kier molecular flexibility index (Phi) is 3.48. The van der Waals surface area contributed by atoms with Crippen LogP contribution < -0.4 is 5.32 Å². The molecule has 0 saturated heterocycles. The van der Waals surface area contributed by atoms with Gasteiger partial charge in [-0.15, -0.1) is 5.10 Å². The minimum Gasteiger partial charge on any atom is -0.320 e. The van der Waals surface area contributed by atoms with Gasteiger partial charge in [0.2, 0.25) is 6.29 Å². The predicted octanol–water partition coefficient (Wildman–Crippen LogP) is 2.16. The number of benzene rings is 1. The lowest BCUT2D eigenvalue weighted by atomic mass is 9.93. The molecule has 0 atom stereocenters. The summed E-state index contributed by atoms with van der Waals surface area (Å²) in [4.78, 5) is 25.8. The zero-order chi connectivity index (χ0) is 16.6. The molecule has 7 nitrogen and oxygen atoms in total. The maximum atomic E-state index is 11.0. The summed E-state index contributed by atoms with van der Waals surface area (Å²) in [5.41, 5.74) is 3.18. The van der Waals surface area contributed by atoms with Crippen molar-refractivity contribution in [3.8, 4) is 11.4 Å². The molecule has 2 aromatic heterocycles. The molecule has 2 N–H and O–H groups in total. The Balaban J connectivity index is 1.87. The summed E-state index contributed by atoms with van der Waals surface area (Å²) in [5, 5.41) is 10.1. The van der Waals surface area contributed by atoms with Crippen LogP contribution in [0.5, 0.6) is 0 Å². The third kappa shape index (κ3) is 2.98.